The van der Waals surface area contributed by atoms with Gasteiger partial charge < -0.3 is 5.32 Å². The number of carbonyl (C=O) groups is 1. The lowest BCUT2D eigenvalue weighted by atomic mass is 9.94. The lowest BCUT2D eigenvalue weighted by molar-refractivity contribution is -0.124. The van der Waals surface area contributed by atoms with Crippen molar-refractivity contribution in [3.8, 4) is 6.07 Å². The van der Waals surface area contributed by atoms with Gasteiger partial charge >= 0.3 is 0 Å². The Kier molecular flexibility index (Phi) is 6.43. The summed E-state index contributed by atoms with van der Waals surface area (Å²) in [4.78, 5) is 12.0. The number of hydrogen-bond donors (Lipinski definition) is 1. The molecule has 1 rings (SSSR count). The first-order chi connectivity index (χ1) is 8.22. The Bertz CT molecular complexity index is 288. The van der Waals surface area contributed by atoms with Gasteiger partial charge in [0.05, 0.1) is 6.07 Å². The quantitative estimate of drug-likeness (QED) is 0.820. The molecule has 1 aliphatic carbocycles. The molecule has 17 heavy (non-hydrogen) atoms. The SMILES string of the molecule is CCCC(C#N)C(=O)NC1CCCCC1SC. The lowest BCUT2D eigenvalue weighted by Gasteiger charge is -2.31. The maximum absolute atomic E-state index is 12.0. The Labute approximate surface area is 108 Å². The molecule has 0 aromatic heterocycles. The first-order valence-corrected chi connectivity index (χ1v) is 7.74. The van der Waals surface area contributed by atoms with E-state index in [1.807, 2.05) is 18.7 Å². The minimum Gasteiger partial charge on any atom is -0.351 e. The van der Waals surface area contributed by atoms with Crippen LogP contribution < -0.4 is 5.32 Å². The van der Waals surface area contributed by atoms with Gasteiger partial charge in [0.1, 0.15) is 5.92 Å². The van der Waals surface area contributed by atoms with Gasteiger partial charge in [0.15, 0.2) is 0 Å². The second-order valence-corrected chi connectivity index (χ2v) is 5.72. The summed E-state index contributed by atoms with van der Waals surface area (Å²) in [6, 6.07) is 2.37. The highest BCUT2D eigenvalue weighted by atomic mass is 32.2. The Hall–Kier alpha value is -0.690. The summed E-state index contributed by atoms with van der Waals surface area (Å²) in [7, 11) is 0. The number of nitrogens with one attached hydrogen (secondary N) is 1. The molecule has 1 N–H and O–H groups in total. The molecule has 0 bridgehead atoms. The second-order valence-electron chi connectivity index (χ2n) is 4.64. The van der Waals surface area contributed by atoms with E-state index in [-0.39, 0.29) is 11.9 Å². The number of amides is 1. The third kappa shape index (κ3) is 4.23. The fourth-order valence-corrected chi connectivity index (χ4v) is 3.31. The van der Waals surface area contributed by atoms with Gasteiger partial charge in [-0.3, -0.25) is 4.79 Å². The van der Waals surface area contributed by atoms with Crippen LogP contribution in [0.4, 0.5) is 0 Å². The van der Waals surface area contributed by atoms with Crippen LogP contribution in [0.25, 0.3) is 0 Å². The van der Waals surface area contributed by atoms with Crippen LogP contribution in [0.1, 0.15) is 45.4 Å². The maximum atomic E-state index is 12.0. The van der Waals surface area contributed by atoms with Crippen LogP contribution in [-0.2, 0) is 4.79 Å². The summed E-state index contributed by atoms with van der Waals surface area (Å²) < 4.78 is 0. The summed E-state index contributed by atoms with van der Waals surface area (Å²) in [5.74, 6) is -0.537. The maximum Gasteiger partial charge on any atom is 0.237 e. The fourth-order valence-electron chi connectivity index (χ4n) is 2.37. The first-order valence-electron chi connectivity index (χ1n) is 6.45. The number of carbonyl (C=O) groups excluding carboxylic acids is 1. The molecule has 0 aromatic rings. The van der Waals surface area contributed by atoms with Gasteiger partial charge in [0.2, 0.25) is 5.91 Å². The van der Waals surface area contributed by atoms with Crippen LogP contribution in [0.2, 0.25) is 0 Å². The van der Waals surface area contributed by atoms with Crippen LogP contribution in [0.15, 0.2) is 0 Å². The summed E-state index contributed by atoms with van der Waals surface area (Å²) >= 11 is 1.83. The molecule has 1 amide bonds. The Morgan fingerprint density at radius 3 is 2.82 bits per heavy atom. The molecule has 3 nitrogen and oxygen atoms in total. The molecule has 0 spiro atoms. The zero-order chi connectivity index (χ0) is 12.7. The van der Waals surface area contributed by atoms with E-state index in [4.69, 9.17) is 5.26 Å². The molecule has 96 valence electrons. The average Bonchev–Trinajstić information content (AvgIpc) is 2.36. The van der Waals surface area contributed by atoms with Crippen molar-refractivity contribution in [1.29, 1.82) is 5.26 Å². The summed E-state index contributed by atoms with van der Waals surface area (Å²) in [5.41, 5.74) is 0. The van der Waals surface area contributed by atoms with E-state index in [9.17, 15) is 4.79 Å². The van der Waals surface area contributed by atoms with Crippen molar-refractivity contribution in [2.45, 2.75) is 56.7 Å². The Morgan fingerprint density at radius 1 is 1.53 bits per heavy atom. The molecule has 4 heteroatoms. The van der Waals surface area contributed by atoms with Gasteiger partial charge in [-0.05, 0) is 25.5 Å². The van der Waals surface area contributed by atoms with Crippen molar-refractivity contribution in [2.75, 3.05) is 6.26 Å². The molecule has 0 aromatic carbocycles. The Morgan fingerprint density at radius 2 is 2.24 bits per heavy atom. The van der Waals surface area contributed by atoms with E-state index in [1.165, 1.54) is 19.3 Å². The molecular weight excluding hydrogens is 232 g/mol. The predicted molar refractivity (Wildman–Crippen MR) is 71.7 cm³/mol. The van der Waals surface area contributed by atoms with Crippen molar-refractivity contribution in [3.63, 3.8) is 0 Å². The van der Waals surface area contributed by atoms with Gasteiger partial charge in [-0.2, -0.15) is 17.0 Å². The molecule has 1 fully saturated rings. The number of thioether (sulfide) groups is 1. The zero-order valence-electron chi connectivity index (χ0n) is 10.7. The summed E-state index contributed by atoms with van der Waals surface area (Å²) in [5, 5.41) is 12.6. The monoisotopic (exact) mass is 254 g/mol. The van der Waals surface area contributed by atoms with E-state index in [2.05, 4.69) is 17.6 Å². The second kappa shape index (κ2) is 7.60. The number of rotatable bonds is 5. The molecule has 1 saturated carbocycles. The molecule has 0 saturated heterocycles. The van der Waals surface area contributed by atoms with Gasteiger partial charge in [0.25, 0.3) is 0 Å². The normalized spacial score (nSPS) is 25.9. The molecule has 3 unspecified atom stereocenters. The van der Waals surface area contributed by atoms with Crippen molar-refractivity contribution in [2.24, 2.45) is 5.92 Å². The smallest absolute Gasteiger partial charge is 0.237 e. The highest BCUT2D eigenvalue weighted by molar-refractivity contribution is 7.99. The number of nitriles is 1. The van der Waals surface area contributed by atoms with Crippen LogP contribution in [0, 0.1) is 17.2 Å². The van der Waals surface area contributed by atoms with Crippen molar-refractivity contribution in [3.05, 3.63) is 0 Å². The summed E-state index contributed by atoms with van der Waals surface area (Å²) in [6.07, 6.45) is 8.32. The van der Waals surface area contributed by atoms with Crippen molar-refractivity contribution < 1.29 is 4.79 Å². The first kappa shape index (κ1) is 14.4. The van der Waals surface area contributed by atoms with E-state index < -0.39 is 5.92 Å². The van der Waals surface area contributed by atoms with Crippen LogP contribution >= 0.6 is 11.8 Å². The van der Waals surface area contributed by atoms with Gasteiger partial charge in [-0.15, -0.1) is 0 Å². The molecule has 0 radical (unpaired) electrons. The van der Waals surface area contributed by atoms with E-state index >= 15 is 0 Å². The third-order valence-electron chi connectivity index (χ3n) is 3.38. The molecule has 0 heterocycles. The standard InChI is InChI=1S/C13H22N2OS/c1-3-6-10(9-14)13(16)15-11-7-4-5-8-12(11)17-2/h10-12H,3-8H2,1-2H3,(H,15,16). The van der Waals surface area contributed by atoms with E-state index in [1.54, 1.807) is 0 Å². The van der Waals surface area contributed by atoms with Gasteiger partial charge in [-0.25, -0.2) is 0 Å². The molecule has 0 aliphatic heterocycles. The lowest BCUT2D eigenvalue weighted by Crippen LogP contribution is -2.45. The highest BCUT2D eigenvalue weighted by Crippen LogP contribution is 2.27. The van der Waals surface area contributed by atoms with Crippen LogP contribution in [0.5, 0.6) is 0 Å². The van der Waals surface area contributed by atoms with E-state index in [0.29, 0.717) is 11.7 Å². The summed E-state index contributed by atoms with van der Waals surface area (Å²) in [6.45, 7) is 2.00. The van der Waals surface area contributed by atoms with Gasteiger partial charge in [-0.1, -0.05) is 26.2 Å². The topological polar surface area (TPSA) is 52.9 Å². The Balaban J connectivity index is 2.51. The van der Waals surface area contributed by atoms with E-state index in [0.717, 1.165) is 12.8 Å². The van der Waals surface area contributed by atoms with Gasteiger partial charge in [0, 0.05) is 11.3 Å². The fraction of sp³-hybridized carbons (Fsp3) is 0.846. The molecular formula is C13H22N2OS. The largest absolute Gasteiger partial charge is 0.351 e. The number of nitrogens with zero attached hydrogens (tertiary/aromatic N) is 1. The minimum atomic E-state index is -0.468. The van der Waals surface area contributed by atoms with Crippen molar-refractivity contribution in [1.82, 2.24) is 5.32 Å². The zero-order valence-corrected chi connectivity index (χ0v) is 11.6. The average molecular weight is 254 g/mol. The minimum absolute atomic E-state index is 0.0692. The van der Waals surface area contributed by atoms with Crippen LogP contribution in [-0.4, -0.2) is 23.5 Å². The number of hydrogen-bond acceptors (Lipinski definition) is 3. The molecule has 3 atom stereocenters. The van der Waals surface area contributed by atoms with Crippen molar-refractivity contribution >= 4 is 17.7 Å². The highest BCUT2D eigenvalue weighted by Gasteiger charge is 2.28. The third-order valence-corrected chi connectivity index (χ3v) is 4.55. The predicted octanol–water partition coefficient (Wildman–Crippen LogP) is 2.72. The molecule has 1 aliphatic rings. The van der Waals surface area contributed by atoms with Crippen LogP contribution in [0.3, 0.4) is 0 Å².